The van der Waals surface area contributed by atoms with Crippen LogP contribution in [-0.4, -0.2) is 22.5 Å². The van der Waals surface area contributed by atoms with E-state index in [9.17, 15) is 10.1 Å². The van der Waals surface area contributed by atoms with E-state index in [0.717, 1.165) is 15.2 Å². The number of aromatic nitrogens is 2. The summed E-state index contributed by atoms with van der Waals surface area (Å²) in [5.74, 6) is 0.172. The Kier molecular flexibility index (Phi) is 5.31. The molecule has 3 aromatic rings. The Morgan fingerprint density at radius 2 is 2.16 bits per heavy atom. The van der Waals surface area contributed by atoms with Crippen LogP contribution in [0.5, 0.6) is 0 Å². The zero-order valence-electron chi connectivity index (χ0n) is 13.8. The first-order valence-corrected chi connectivity index (χ1v) is 9.48. The van der Waals surface area contributed by atoms with Gasteiger partial charge in [0.1, 0.15) is 16.1 Å². The van der Waals surface area contributed by atoms with Gasteiger partial charge in [0.15, 0.2) is 0 Å². The maximum Gasteiger partial charge on any atom is 0.340 e. The van der Waals surface area contributed by atoms with Crippen LogP contribution in [0.4, 0.5) is 0 Å². The van der Waals surface area contributed by atoms with Gasteiger partial charge in [0.05, 0.1) is 39.4 Å². The van der Waals surface area contributed by atoms with E-state index in [4.69, 9.17) is 4.74 Å². The van der Waals surface area contributed by atoms with Crippen LogP contribution in [0.2, 0.25) is 0 Å². The molecule has 0 N–H and O–H groups in total. The zero-order valence-corrected chi connectivity index (χ0v) is 15.4. The lowest BCUT2D eigenvalue weighted by Gasteiger charge is -2.08. The van der Waals surface area contributed by atoms with Gasteiger partial charge in [-0.3, -0.25) is 0 Å². The number of benzene rings is 1. The third-order valence-electron chi connectivity index (χ3n) is 3.46. The van der Waals surface area contributed by atoms with Crippen molar-refractivity contribution in [2.24, 2.45) is 0 Å². The van der Waals surface area contributed by atoms with Crippen molar-refractivity contribution in [3.63, 3.8) is 0 Å². The highest BCUT2D eigenvalue weighted by molar-refractivity contribution is 7.98. The molecule has 0 aliphatic rings. The second-order valence-corrected chi connectivity index (χ2v) is 7.25. The summed E-state index contributed by atoms with van der Waals surface area (Å²) in [7, 11) is 0. The molecule has 5 nitrogen and oxygen atoms in total. The number of ether oxygens (including phenoxy) is 1. The average Bonchev–Trinajstić information content (AvgIpc) is 3.03. The number of rotatable bonds is 5. The number of carbonyl (C=O) groups excluding carboxylic acids is 1. The van der Waals surface area contributed by atoms with Gasteiger partial charge >= 0.3 is 5.97 Å². The van der Waals surface area contributed by atoms with E-state index < -0.39 is 5.97 Å². The highest BCUT2D eigenvalue weighted by atomic mass is 32.2. The third kappa shape index (κ3) is 3.81. The van der Waals surface area contributed by atoms with Gasteiger partial charge in [-0.25, -0.2) is 14.8 Å². The maximum atomic E-state index is 11.9. The molecule has 0 aliphatic carbocycles. The first-order chi connectivity index (χ1) is 12.1. The van der Waals surface area contributed by atoms with Gasteiger partial charge in [0.2, 0.25) is 0 Å². The Labute approximate surface area is 153 Å². The predicted octanol–water partition coefficient (Wildman–Crippen LogP) is 4.34. The lowest BCUT2D eigenvalue weighted by molar-refractivity contribution is 0.0524. The third-order valence-corrected chi connectivity index (χ3v) is 5.69. The maximum absolute atomic E-state index is 11.9. The molecule has 3 rings (SSSR count). The molecule has 0 aliphatic heterocycles. The molecule has 2 aromatic heterocycles. The Bertz CT molecular complexity index is 943. The summed E-state index contributed by atoms with van der Waals surface area (Å²) in [5.41, 5.74) is 2.25. The lowest BCUT2D eigenvalue weighted by atomic mass is 10.1. The van der Waals surface area contributed by atoms with Crippen LogP contribution in [0.25, 0.3) is 10.2 Å². The van der Waals surface area contributed by atoms with Crippen LogP contribution in [0.3, 0.4) is 0 Å². The summed E-state index contributed by atoms with van der Waals surface area (Å²) in [6.07, 6.45) is 0. The number of esters is 1. The van der Waals surface area contributed by atoms with Gasteiger partial charge < -0.3 is 4.74 Å². The molecule has 0 radical (unpaired) electrons. The van der Waals surface area contributed by atoms with E-state index >= 15 is 0 Å². The number of nitrogens with zero attached hydrogens (tertiary/aromatic N) is 3. The van der Waals surface area contributed by atoms with Gasteiger partial charge in [-0.1, -0.05) is 23.9 Å². The average molecular weight is 369 g/mol. The Hall–Kier alpha value is -2.43. The summed E-state index contributed by atoms with van der Waals surface area (Å²) in [5, 5.41) is 11.0. The molecule has 7 heteroatoms. The molecule has 1 aromatic carbocycles. The van der Waals surface area contributed by atoms with E-state index in [1.54, 1.807) is 31.3 Å². The molecule has 0 spiro atoms. The number of fused-ring (bicyclic) bond motifs is 1. The molecule has 126 valence electrons. The topological polar surface area (TPSA) is 75.9 Å². The van der Waals surface area contributed by atoms with Gasteiger partial charge in [-0.15, -0.1) is 11.3 Å². The molecule has 25 heavy (non-hydrogen) atoms. The number of nitriles is 1. The minimum absolute atomic E-state index is 0.286. The Morgan fingerprint density at radius 1 is 1.36 bits per heavy atom. The number of para-hydroxylation sites is 1. The van der Waals surface area contributed by atoms with Gasteiger partial charge in [-0.2, -0.15) is 5.26 Å². The van der Waals surface area contributed by atoms with Crippen LogP contribution >= 0.6 is 23.1 Å². The molecule has 0 atom stereocenters. The molecule has 0 fully saturated rings. The Balaban J connectivity index is 1.83. The molecule has 0 saturated carbocycles. The number of carbonyl (C=O) groups is 1. The number of thioether (sulfide) groups is 1. The summed E-state index contributed by atoms with van der Waals surface area (Å²) in [6.45, 7) is 3.78. The van der Waals surface area contributed by atoms with E-state index in [1.807, 2.05) is 24.3 Å². The second kappa shape index (κ2) is 7.64. The standard InChI is InChI=1S/C18H15N3O2S2/c1-3-23-18(22)13-8-12(9-19)17(20-11(13)2)24-10-16-21-14-6-4-5-7-15(14)25-16/h4-8H,3,10H2,1-2H3. The number of pyridine rings is 1. The molecule has 0 bridgehead atoms. The summed E-state index contributed by atoms with van der Waals surface area (Å²) < 4.78 is 6.15. The fourth-order valence-electron chi connectivity index (χ4n) is 2.30. The van der Waals surface area contributed by atoms with Crippen molar-refractivity contribution in [1.82, 2.24) is 9.97 Å². The zero-order chi connectivity index (χ0) is 17.8. The fourth-order valence-corrected chi connectivity index (χ4v) is 4.26. The first kappa shape index (κ1) is 17.4. The summed E-state index contributed by atoms with van der Waals surface area (Å²) >= 11 is 3.08. The van der Waals surface area contributed by atoms with Crippen molar-refractivity contribution in [2.45, 2.75) is 24.6 Å². The summed E-state index contributed by atoms with van der Waals surface area (Å²) in [6, 6.07) is 11.6. The van der Waals surface area contributed by atoms with Crippen molar-refractivity contribution in [1.29, 1.82) is 5.26 Å². The minimum atomic E-state index is -0.452. The van der Waals surface area contributed by atoms with Crippen molar-refractivity contribution < 1.29 is 9.53 Å². The highest BCUT2D eigenvalue weighted by Crippen LogP contribution is 2.30. The van der Waals surface area contributed by atoms with E-state index in [0.29, 0.717) is 27.6 Å². The highest BCUT2D eigenvalue weighted by Gasteiger charge is 2.16. The predicted molar refractivity (Wildman–Crippen MR) is 98.8 cm³/mol. The normalized spacial score (nSPS) is 10.6. The second-order valence-electron chi connectivity index (χ2n) is 5.17. The number of thiazole rings is 1. The molecular weight excluding hydrogens is 354 g/mol. The molecule has 0 amide bonds. The first-order valence-electron chi connectivity index (χ1n) is 7.68. The van der Waals surface area contributed by atoms with E-state index in [-0.39, 0.29) is 6.61 Å². The summed E-state index contributed by atoms with van der Waals surface area (Å²) in [4.78, 5) is 21.0. The van der Waals surface area contributed by atoms with E-state index in [1.165, 1.54) is 11.8 Å². The number of hydrogen-bond donors (Lipinski definition) is 0. The number of aryl methyl sites for hydroxylation is 1. The largest absolute Gasteiger partial charge is 0.462 e. The van der Waals surface area contributed by atoms with Crippen LogP contribution < -0.4 is 0 Å². The van der Waals surface area contributed by atoms with Gasteiger partial charge in [0.25, 0.3) is 0 Å². The minimum Gasteiger partial charge on any atom is -0.462 e. The van der Waals surface area contributed by atoms with Crippen LogP contribution in [0.15, 0.2) is 35.4 Å². The molecule has 0 saturated heterocycles. The van der Waals surface area contributed by atoms with Crippen molar-refractivity contribution in [3.8, 4) is 6.07 Å². The molecule has 0 unspecified atom stereocenters. The van der Waals surface area contributed by atoms with Gasteiger partial charge in [-0.05, 0) is 32.0 Å². The Morgan fingerprint density at radius 3 is 2.88 bits per heavy atom. The molecular formula is C18H15N3O2S2. The smallest absolute Gasteiger partial charge is 0.340 e. The van der Waals surface area contributed by atoms with E-state index in [2.05, 4.69) is 16.0 Å². The van der Waals surface area contributed by atoms with Crippen molar-refractivity contribution in [2.75, 3.05) is 6.61 Å². The molecule has 2 heterocycles. The SMILES string of the molecule is CCOC(=O)c1cc(C#N)c(SCc2nc3ccccc3s2)nc1C. The van der Waals surface area contributed by atoms with Crippen LogP contribution in [0.1, 0.15) is 33.5 Å². The van der Waals surface area contributed by atoms with Crippen LogP contribution in [-0.2, 0) is 10.5 Å². The number of hydrogen-bond acceptors (Lipinski definition) is 7. The van der Waals surface area contributed by atoms with Crippen molar-refractivity contribution in [3.05, 3.63) is 52.2 Å². The van der Waals surface area contributed by atoms with Gasteiger partial charge in [0, 0.05) is 0 Å². The van der Waals surface area contributed by atoms with Crippen LogP contribution in [0, 0.1) is 18.3 Å². The quantitative estimate of drug-likeness (QED) is 0.492. The van der Waals surface area contributed by atoms with Crippen molar-refractivity contribution >= 4 is 39.3 Å². The lowest BCUT2D eigenvalue weighted by Crippen LogP contribution is -2.09. The monoisotopic (exact) mass is 369 g/mol. The fraction of sp³-hybridized carbons (Fsp3) is 0.222.